The standard InChI is InChI=1S/C20H28N4O3/c1-13(22-19(26)20(2,3)4)18(25)23-16(17-21-11-12-24(17)5)14-7-9-15(27-6)10-8-14/h7-13,16H,1-6H3,(H,22,26)(H,23,25). The molecule has 1 aromatic carbocycles. The number of carbonyl (C=O) groups excluding carboxylic acids is 2. The number of aryl methyl sites for hydroxylation is 1. The molecule has 2 amide bonds. The van der Waals surface area contributed by atoms with E-state index in [2.05, 4.69) is 15.6 Å². The van der Waals surface area contributed by atoms with E-state index >= 15 is 0 Å². The third-order valence-corrected chi connectivity index (χ3v) is 4.27. The lowest BCUT2D eigenvalue weighted by atomic mass is 9.95. The SMILES string of the molecule is COc1ccc(C(NC(=O)C(C)NC(=O)C(C)(C)C)c2nccn2C)cc1. The number of hydrogen-bond donors (Lipinski definition) is 2. The molecule has 146 valence electrons. The molecular weight excluding hydrogens is 344 g/mol. The quantitative estimate of drug-likeness (QED) is 0.814. The molecule has 0 aliphatic rings. The molecule has 1 aromatic heterocycles. The van der Waals surface area contributed by atoms with Crippen LogP contribution in [-0.2, 0) is 16.6 Å². The van der Waals surface area contributed by atoms with Crippen LogP contribution in [0.25, 0.3) is 0 Å². The number of methoxy groups -OCH3 is 1. The number of carbonyl (C=O) groups is 2. The Kier molecular flexibility index (Phi) is 6.25. The first-order valence-electron chi connectivity index (χ1n) is 8.86. The van der Waals surface area contributed by atoms with E-state index in [0.29, 0.717) is 5.82 Å². The summed E-state index contributed by atoms with van der Waals surface area (Å²) in [7, 11) is 3.47. The van der Waals surface area contributed by atoms with Gasteiger partial charge in [-0.15, -0.1) is 0 Å². The van der Waals surface area contributed by atoms with Crippen LogP contribution in [0.2, 0.25) is 0 Å². The Bertz CT molecular complexity index is 790. The van der Waals surface area contributed by atoms with E-state index in [9.17, 15) is 9.59 Å². The van der Waals surface area contributed by atoms with Gasteiger partial charge in [0.15, 0.2) is 0 Å². The Balaban J connectivity index is 2.23. The van der Waals surface area contributed by atoms with Crippen molar-refractivity contribution in [3.05, 3.63) is 48.0 Å². The van der Waals surface area contributed by atoms with Crippen molar-refractivity contribution in [1.82, 2.24) is 20.2 Å². The maximum absolute atomic E-state index is 12.7. The highest BCUT2D eigenvalue weighted by Crippen LogP contribution is 2.23. The molecular formula is C20H28N4O3. The predicted molar refractivity (Wildman–Crippen MR) is 103 cm³/mol. The molecule has 2 rings (SSSR count). The summed E-state index contributed by atoms with van der Waals surface area (Å²) < 4.78 is 7.06. The highest BCUT2D eigenvalue weighted by molar-refractivity contribution is 5.89. The molecule has 2 aromatic rings. The molecule has 0 spiro atoms. The third-order valence-electron chi connectivity index (χ3n) is 4.27. The van der Waals surface area contributed by atoms with Crippen LogP contribution in [0.1, 0.15) is 45.1 Å². The number of hydrogen-bond acceptors (Lipinski definition) is 4. The number of amides is 2. The zero-order chi connectivity index (χ0) is 20.2. The van der Waals surface area contributed by atoms with Crippen LogP contribution >= 0.6 is 0 Å². The number of imidazole rings is 1. The summed E-state index contributed by atoms with van der Waals surface area (Å²) in [5.41, 5.74) is 0.302. The first kappa shape index (κ1) is 20.5. The van der Waals surface area contributed by atoms with Gasteiger partial charge in [-0.2, -0.15) is 0 Å². The van der Waals surface area contributed by atoms with Gasteiger partial charge in [0.25, 0.3) is 0 Å². The average molecular weight is 372 g/mol. The number of ether oxygens (including phenoxy) is 1. The van der Waals surface area contributed by atoms with Gasteiger partial charge in [0.2, 0.25) is 11.8 Å². The van der Waals surface area contributed by atoms with Crippen molar-refractivity contribution in [3.8, 4) is 5.75 Å². The molecule has 2 unspecified atom stereocenters. The summed E-state index contributed by atoms with van der Waals surface area (Å²) >= 11 is 0. The molecule has 7 nitrogen and oxygen atoms in total. The van der Waals surface area contributed by atoms with E-state index in [-0.39, 0.29) is 11.8 Å². The highest BCUT2D eigenvalue weighted by Gasteiger charge is 2.27. The fraction of sp³-hybridized carbons (Fsp3) is 0.450. The smallest absolute Gasteiger partial charge is 0.243 e. The third kappa shape index (κ3) is 5.09. The molecule has 0 aliphatic heterocycles. The van der Waals surface area contributed by atoms with Crippen molar-refractivity contribution in [2.75, 3.05) is 7.11 Å². The van der Waals surface area contributed by atoms with E-state index in [4.69, 9.17) is 4.74 Å². The minimum atomic E-state index is -0.669. The maximum atomic E-state index is 12.7. The summed E-state index contributed by atoms with van der Waals surface area (Å²) in [5.74, 6) is 0.969. The maximum Gasteiger partial charge on any atom is 0.243 e. The topological polar surface area (TPSA) is 85.2 Å². The summed E-state index contributed by atoms with van der Waals surface area (Å²) in [6.07, 6.45) is 3.51. The zero-order valence-electron chi connectivity index (χ0n) is 16.7. The van der Waals surface area contributed by atoms with E-state index in [1.165, 1.54) is 0 Å². The lowest BCUT2D eigenvalue weighted by Crippen LogP contribution is -2.49. The molecule has 0 fully saturated rings. The van der Waals surface area contributed by atoms with Crippen molar-refractivity contribution in [1.29, 1.82) is 0 Å². The van der Waals surface area contributed by atoms with Crippen molar-refractivity contribution in [2.24, 2.45) is 12.5 Å². The first-order valence-corrected chi connectivity index (χ1v) is 8.86. The molecule has 0 saturated heterocycles. The summed E-state index contributed by atoms with van der Waals surface area (Å²) in [6, 6.07) is 6.33. The monoisotopic (exact) mass is 372 g/mol. The summed E-state index contributed by atoms with van der Waals surface area (Å²) in [6.45, 7) is 7.09. The Morgan fingerprint density at radius 1 is 1.15 bits per heavy atom. The van der Waals surface area contributed by atoms with E-state index in [0.717, 1.165) is 11.3 Å². The van der Waals surface area contributed by atoms with Gasteiger partial charge < -0.3 is 19.9 Å². The van der Waals surface area contributed by atoms with Gasteiger partial charge in [0, 0.05) is 24.9 Å². The highest BCUT2D eigenvalue weighted by atomic mass is 16.5. The van der Waals surface area contributed by atoms with Gasteiger partial charge in [-0.05, 0) is 24.6 Å². The second kappa shape index (κ2) is 8.24. The summed E-state index contributed by atoms with van der Waals surface area (Å²) in [5, 5.41) is 5.75. The van der Waals surface area contributed by atoms with Crippen molar-refractivity contribution in [3.63, 3.8) is 0 Å². The second-order valence-electron chi connectivity index (χ2n) is 7.56. The molecule has 7 heteroatoms. The van der Waals surface area contributed by atoms with Crippen LogP contribution in [0.5, 0.6) is 5.75 Å². The van der Waals surface area contributed by atoms with Crippen molar-refractivity contribution in [2.45, 2.75) is 39.8 Å². The van der Waals surface area contributed by atoms with Gasteiger partial charge in [-0.1, -0.05) is 32.9 Å². The number of rotatable bonds is 6. The second-order valence-corrected chi connectivity index (χ2v) is 7.56. The fourth-order valence-electron chi connectivity index (χ4n) is 2.49. The number of benzene rings is 1. The Morgan fingerprint density at radius 2 is 1.78 bits per heavy atom. The van der Waals surface area contributed by atoms with Crippen LogP contribution < -0.4 is 15.4 Å². The number of nitrogens with zero attached hydrogens (tertiary/aromatic N) is 2. The van der Waals surface area contributed by atoms with E-state index < -0.39 is 17.5 Å². The molecule has 0 bridgehead atoms. The Morgan fingerprint density at radius 3 is 2.26 bits per heavy atom. The molecule has 0 aliphatic carbocycles. The lowest BCUT2D eigenvalue weighted by Gasteiger charge is -2.24. The molecule has 2 atom stereocenters. The van der Waals surface area contributed by atoms with Gasteiger partial charge in [0.05, 0.1) is 7.11 Å². The Hall–Kier alpha value is -2.83. The van der Waals surface area contributed by atoms with E-state index in [1.54, 1.807) is 41.0 Å². The first-order chi connectivity index (χ1) is 12.6. The molecule has 0 saturated carbocycles. The molecule has 1 heterocycles. The molecule has 27 heavy (non-hydrogen) atoms. The summed E-state index contributed by atoms with van der Waals surface area (Å²) in [4.78, 5) is 29.3. The fourth-order valence-corrected chi connectivity index (χ4v) is 2.49. The minimum absolute atomic E-state index is 0.178. The Labute approximate surface area is 160 Å². The van der Waals surface area contributed by atoms with Crippen LogP contribution in [0.15, 0.2) is 36.7 Å². The average Bonchev–Trinajstić information content (AvgIpc) is 3.04. The normalized spacial score (nSPS) is 13.6. The number of nitrogens with one attached hydrogen (secondary N) is 2. The van der Waals surface area contributed by atoms with Gasteiger partial charge in [0.1, 0.15) is 23.7 Å². The van der Waals surface area contributed by atoms with Crippen LogP contribution in [0.3, 0.4) is 0 Å². The van der Waals surface area contributed by atoms with Crippen molar-refractivity contribution >= 4 is 11.8 Å². The predicted octanol–water partition coefficient (Wildman–Crippen LogP) is 2.19. The van der Waals surface area contributed by atoms with Gasteiger partial charge in [-0.25, -0.2) is 4.98 Å². The number of aromatic nitrogens is 2. The largest absolute Gasteiger partial charge is 0.497 e. The van der Waals surface area contributed by atoms with Crippen LogP contribution in [-0.4, -0.2) is 34.5 Å². The van der Waals surface area contributed by atoms with Gasteiger partial charge in [-0.3, -0.25) is 9.59 Å². The minimum Gasteiger partial charge on any atom is -0.497 e. The van der Waals surface area contributed by atoms with Gasteiger partial charge >= 0.3 is 0 Å². The van der Waals surface area contributed by atoms with Crippen molar-refractivity contribution < 1.29 is 14.3 Å². The zero-order valence-corrected chi connectivity index (χ0v) is 16.7. The molecule has 0 radical (unpaired) electrons. The molecule has 2 N–H and O–H groups in total. The van der Waals surface area contributed by atoms with Crippen LogP contribution in [0.4, 0.5) is 0 Å². The van der Waals surface area contributed by atoms with E-state index in [1.807, 2.05) is 42.1 Å². The lowest BCUT2D eigenvalue weighted by molar-refractivity contribution is -0.133. The van der Waals surface area contributed by atoms with Crippen LogP contribution in [0, 0.1) is 5.41 Å².